The molecule has 0 unspecified atom stereocenters. The van der Waals surface area contributed by atoms with E-state index in [4.69, 9.17) is 16.3 Å². The first-order valence-electron chi connectivity index (χ1n) is 8.22. The van der Waals surface area contributed by atoms with Crippen molar-refractivity contribution >= 4 is 17.5 Å². The van der Waals surface area contributed by atoms with Crippen molar-refractivity contribution < 1.29 is 9.53 Å². The Balaban J connectivity index is 1.74. The Morgan fingerprint density at radius 2 is 1.88 bits per heavy atom. The van der Waals surface area contributed by atoms with E-state index in [0.717, 1.165) is 29.2 Å². The minimum absolute atomic E-state index is 0.0916. The third-order valence-electron chi connectivity index (χ3n) is 3.86. The zero-order chi connectivity index (χ0) is 17.5. The second kappa shape index (κ2) is 8.74. The van der Waals surface area contributed by atoms with Crippen molar-refractivity contribution in [1.29, 1.82) is 0 Å². The van der Waals surface area contributed by atoms with Gasteiger partial charge in [-0.2, -0.15) is 0 Å². The predicted molar refractivity (Wildman–Crippen MR) is 98.8 cm³/mol. The van der Waals surface area contributed by atoms with Gasteiger partial charge in [0, 0.05) is 11.6 Å². The molecule has 0 aliphatic heterocycles. The third-order valence-corrected chi connectivity index (χ3v) is 4.11. The van der Waals surface area contributed by atoms with E-state index in [9.17, 15) is 4.79 Å². The van der Waals surface area contributed by atoms with Gasteiger partial charge in [-0.05, 0) is 62.9 Å². The number of halogens is 1. The number of carbonyl (C=O) groups excluding carboxylic acids is 1. The maximum absolute atomic E-state index is 12.1. The van der Waals surface area contributed by atoms with Crippen molar-refractivity contribution in [2.24, 2.45) is 0 Å². The summed E-state index contributed by atoms with van der Waals surface area (Å²) in [5, 5.41) is 3.67. The average molecular weight is 346 g/mol. The van der Waals surface area contributed by atoms with Gasteiger partial charge in [-0.15, -0.1) is 0 Å². The first-order chi connectivity index (χ1) is 11.5. The molecule has 0 radical (unpaired) electrons. The number of carbonyl (C=O) groups is 1. The van der Waals surface area contributed by atoms with Crippen LogP contribution < -0.4 is 10.1 Å². The van der Waals surface area contributed by atoms with Gasteiger partial charge in [0.15, 0.2) is 6.10 Å². The number of nitrogens with one attached hydrogen (secondary N) is 1. The normalized spacial score (nSPS) is 11.8. The highest BCUT2D eigenvalue weighted by Crippen LogP contribution is 2.20. The molecule has 0 aromatic heterocycles. The molecule has 2 aromatic carbocycles. The van der Waals surface area contributed by atoms with E-state index in [1.165, 1.54) is 11.1 Å². The fourth-order valence-electron chi connectivity index (χ4n) is 2.47. The molecule has 0 saturated heterocycles. The largest absolute Gasteiger partial charge is 0.481 e. The molecule has 3 nitrogen and oxygen atoms in total. The summed E-state index contributed by atoms with van der Waals surface area (Å²) in [6.07, 6.45) is 1.27. The number of benzene rings is 2. The summed E-state index contributed by atoms with van der Waals surface area (Å²) >= 11 is 5.86. The number of amides is 1. The van der Waals surface area contributed by atoms with Gasteiger partial charge >= 0.3 is 0 Å². The minimum atomic E-state index is -0.512. The van der Waals surface area contributed by atoms with Crippen LogP contribution in [0.25, 0.3) is 0 Å². The second-order valence-corrected chi connectivity index (χ2v) is 6.49. The minimum Gasteiger partial charge on any atom is -0.481 e. The molecule has 24 heavy (non-hydrogen) atoms. The van der Waals surface area contributed by atoms with Crippen molar-refractivity contribution in [1.82, 2.24) is 5.32 Å². The Bertz CT molecular complexity index is 683. The molecule has 1 amide bonds. The highest BCUT2D eigenvalue weighted by molar-refractivity contribution is 6.30. The Hall–Kier alpha value is -2.00. The van der Waals surface area contributed by atoms with Crippen LogP contribution in [0.3, 0.4) is 0 Å². The van der Waals surface area contributed by atoms with Crippen molar-refractivity contribution in [3.05, 3.63) is 64.2 Å². The van der Waals surface area contributed by atoms with E-state index in [1.54, 1.807) is 6.92 Å². The van der Waals surface area contributed by atoms with E-state index >= 15 is 0 Å². The van der Waals surface area contributed by atoms with Crippen LogP contribution in [0, 0.1) is 13.8 Å². The molecule has 0 bridgehead atoms. The fourth-order valence-corrected chi connectivity index (χ4v) is 2.60. The van der Waals surface area contributed by atoms with Crippen molar-refractivity contribution in [3.63, 3.8) is 0 Å². The molecule has 4 heteroatoms. The molecule has 0 saturated carbocycles. The Kier molecular flexibility index (Phi) is 6.68. The van der Waals surface area contributed by atoms with Crippen LogP contribution in [-0.4, -0.2) is 18.6 Å². The molecular formula is C20H24ClNO2. The zero-order valence-corrected chi connectivity index (χ0v) is 15.2. The summed E-state index contributed by atoms with van der Waals surface area (Å²) in [7, 11) is 0. The molecule has 0 aliphatic rings. The van der Waals surface area contributed by atoms with Gasteiger partial charge in [-0.3, -0.25) is 4.79 Å². The molecule has 0 heterocycles. The van der Waals surface area contributed by atoms with E-state index in [0.29, 0.717) is 6.54 Å². The average Bonchev–Trinajstić information content (AvgIpc) is 2.55. The van der Waals surface area contributed by atoms with Gasteiger partial charge in [0.2, 0.25) is 0 Å². The first-order valence-corrected chi connectivity index (χ1v) is 8.59. The summed E-state index contributed by atoms with van der Waals surface area (Å²) in [4.78, 5) is 12.1. The maximum atomic E-state index is 12.1. The zero-order valence-electron chi connectivity index (χ0n) is 14.4. The van der Waals surface area contributed by atoms with Gasteiger partial charge in [0.1, 0.15) is 5.75 Å². The summed E-state index contributed by atoms with van der Waals surface area (Å²) in [6, 6.07) is 13.7. The summed E-state index contributed by atoms with van der Waals surface area (Å²) in [6.45, 7) is 6.42. The lowest BCUT2D eigenvalue weighted by Crippen LogP contribution is -2.37. The summed E-state index contributed by atoms with van der Waals surface area (Å²) in [5.41, 5.74) is 3.43. The quantitative estimate of drug-likeness (QED) is 0.752. The van der Waals surface area contributed by atoms with Crippen LogP contribution in [0.4, 0.5) is 0 Å². The van der Waals surface area contributed by atoms with Crippen LogP contribution in [0.2, 0.25) is 5.02 Å². The highest BCUT2D eigenvalue weighted by Gasteiger charge is 2.15. The molecular weight excluding hydrogens is 322 g/mol. The van der Waals surface area contributed by atoms with E-state index < -0.39 is 6.10 Å². The maximum Gasteiger partial charge on any atom is 0.260 e. The molecule has 2 rings (SSSR count). The van der Waals surface area contributed by atoms with Crippen molar-refractivity contribution in [2.45, 2.75) is 39.7 Å². The number of hydrogen-bond acceptors (Lipinski definition) is 2. The highest BCUT2D eigenvalue weighted by atomic mass is 35.5. The van der Waals surface area contributed by atoms with Crippen LogP contribution in [0.5, 0.6) is 5.75 Å². The Morgan fingerprint density at radius 1 is 1.17 bits per heavy atom. The predicted octanol–water partition coefficient (Wildman–Crippen LogP) is 4.47. The smallest absolute Gasteiger partial charge is 0.260 e. The van der Waals surface area contributed by atoms with Gasteiger partial charge in [0.05, 0.1) is 0 Å². The first kappa shape index (κ1) is 18.3. The summed E-state index contributed by atoms with van der Waals surface area (Å²) in [5.74, 6) is 0.662. The molecule has 128 valence electrons. The molecule has 0 spiro atoms. The fraction of sp³-hybridized carbons (Fsp3) is 0.350. The van der Waals surface area contributed by atoms with Gasteiger partial charge in [0.25, 0.3) is 5.91 Å². The van der Waals surface area contributed by atoms with E-state index in [1.807, 2.05) is 56.3 Å². The number of aryl methyl sites for hydroxylation is 3. The van der Waals surface area contributed by atoms with Crippen molar-refractivity contribution in [3.8, 4) is 5.75 Å². The monoisotopic (exact) mass is 345 g/mol. The number of hydrogen-bond donors (Lipinski definition) is 1. The number of rotatable bonds is 7. The lowest BCUT2D eigenvalue weighted by Gasteiger charge is -2.16. The third kappa shape index (κ3) is 5.57. The van der Waals surface area contributed by atoms with Gasteiger partial charge < -0.3 is 10.1 Å². The molecule has 2 aromatic rings. The number of ether oxygens (including phenoxy) is 1. The van der Waals surface area contributed by atoms with Gasteiger partial charge in [-0.1, -0.05) is 41.4 Å². The lowest BCUT2D eigenvalue weighted by atomic mass is 10.1. The van der Waals surface area contributed by atoms with Crippen LogP contribution in [0.1, 0.15) is 30.0 Å². The molecule has 1 atom stereocenters. The second-order valence-electron chi connectivity index (χ2n) is 6.05. The van der Waals surface area contributed by atoms with Crippen LogP contribution >= 0.6 is 11.6 Å². The SMILES string of the molecule is Cc1ccc(O[C@H](C)C(=O)NCCCc2ccc(Cl)cc2)c(C)c1. The molecule has 0 fully saturated rings. The van der Waals surface area contributed by atoms with E-state index in [2.05, 4.69) is 5.32 Å². The van der Waals surface area contributed by atoms with E-state index in [-0.39, 0.29) is 5.91 Å². The molecule has 0 aliphatic carbocycles. The van der Waals surface area contributed by atoms with Gasteiger partial charge in [-0.25, -0.2) is 0 Å². The van der Waals surface area contributed by atoms with Crippen LogP contribution in [-0.2, 0) is 11.2 Å². The lowest BCUT2D eigenvalue weighted by molar-refractivity contribution is -0.127. The van der Waals surface area contributed by atoms with Crippen molar-refractivity contribution in [2.75, 3.05) is 6.54 Å². The molecule has 1 N–H and O–H groups in total. The topological polar surface area (TPSA) is 38.3 Å². The van der Waals surface area contributed by atoms with Crippen LogP contribution in [0.15, 0.2) is 42.5 Å². The Labute approximate surface area is 149 Å². The Morgan fingerprint density at radius 3 is 2.54 bits per heavy atom. The summed E-state index contributed by atoms with van der Waals surface area (Å²) < 4.78 is 5.76. The standard InChI is InChI=1S/C20H24ClNO2/c1-14-6-11-19(15(2)13-14)24-16(3)20(23)22-12-4-5-17-7-9-18(21)10-8-17/h6-11,13,16H,4-5,12H2,1-3H3,(H,22,23)/t16-/m1/s1.